The second-order valence-corrected chi connectivity index (χ2v) is 7.66. The number of piperazine rings is 1. The van der Waals surface area contributed by atoms with Gasteiger partial charge in [-0.15, -0.1) is 0 Å². The third kappa shape index (κ3) is 4.33. The summed E-state index contributed by atoms with van der Waals surface area (Å²) in [6.07, 6.45) is -0.410. The maximum atomic E-state index is 12.5. The van der Waals surface area contributed by atoms with Gasteiger partial charge in [0.1, 0.15) is 10.6 Å². The van der Waals surface area contributed by atoms with E-state index < -0.39 is 22.2 Å². The van der Waals surface area contributed by atoms with Crippen molar-refractivity contribution < 1.29 is 27.3 Å². The quantitative estimate of drug-likeness (QED) is 0.767. The van der Waals surface area contributed by atoms with Crippen molar-refractivity contribution in [3.05, 3.63) is 11.5 Å². The summed E-state index contributed by atoms with van der Waals surface area (Å²) < 4.78 is 37.2. The molecule has 2 rings (SSSR count). The number of rotatable bonds is 5. The van der Waals surface area contributed by atoms with Crippen LogP contribution >= 0.6 is 0 Å². The van der Waals surface area contributed by atoms with Crippen LogP contribution in [0.3, 0.4) is 0 Å². The lowest BCUT2D eigenvalue weighted by molar-refractivity contribution is -0.134. The number of nitrogens with one attached hydrogen (secondary N) is 1. The van der Waals surface area contributed by atoms with Crippen molar-refractivity contribution in [2.75, 3.05) is 32.8 Å². The first-order valence-corrected chi connectivity index (χ1v) is 9.81. The number of ether oxygens (including phenoxy) is 1. The fourth-order valence-corrected chi connectivity index (χ4v) is 4.32. The van der Waals surface area contributed by atoms with E-state index in [4.69, 9.17) is 9.26 Å². The molecule has 1 aliphatic heterocycles. The molecule has 1 atom stereocenters. The number of carbonyl (C=O) groups excluding carboxylic acids is 2. The van der Waals surface area contributed by atoms with Crippen LogP contribution in [0.25, 0.3) is 0 Å². The van der Waals surface area contributed by atoms with Crippen molar-refractivity contribution in [2.45, 2.75) is 38.6 Å². The van der Waals surface area contributed by atoms with Crippen molar-refractivity contribution in [3.8, 4) is 0 Å². The topological polar surface area (TPSA) is 122 Å². The molecule has 1 N–H and O–H groups in total. The van der Waals surface area contributed by atoms with Crippen molar-refractivity contribution in [3.63, 3.8) is 0 Å². The van der Waals surface area contributed by atoms with Gasteiger partial charge in [0.25, 0.3) is 0 Å². The molecule has 2 heterocycles. The van der Waals surface area contributed by atoms with Crippen LogP contribution in [-0.2, 0) is 19.6 Å². The summed E-state index contributed by atoms with van der Waals surface area (Å²) in [5.41, 5.74) is 0.234. The Kier molecular flexibility index (Phi) is 6.24. The number of sulfonamides is 1. The molecule has 0 bridgehead atoms. The Morgan fingerprint density at radius 3 is 2.31 bits per heavy atom. The molecule has 2 amide bonds. The molecule has 146 valence electrons. The Morgan fingerprint density at radius 1 is 1.23 bits per heavy atom. The van der Waals surface area contributed by atoms with Gasteiger partial charge in [-0.1, -0.05) is 5.16 Å². The van der Waals surface area contributed by atoms with Crippen molar-refractivity contribution in [2.24, 2.45) is 0 Å². The molecule has 0 unspecified atom stereocenters. The molecule has 0 spiro atoms. The standard InChI is InChI=1S/C15H24N4O6S/c1-5-24-15(21)19-8-6-18(7-9-19)14(20)11(3)17-26(22,23)13-10(2)16-25-12(13)4/h11,17H,5-9H2,1-4H3/t11-/m1/s1. The molecule has 26 heavy (non-hydrogen) atoms. The molecular weight excluding hydrogens is 364 g/mol. The predicted molar refractivity (Wildman–Crippen MR) is 90.9 cm³/mol. The fraction of sp³-hybridized carbons (Fsp3) is 0.667. The highest BCUT2D eigenvalue weighted by atomic mass is 32.2. The van der Waals surface area contributed by atoms with E-state index in [1.807, 2.05) is 0 Å². The molecule has 0 saturated carbocycles. The number of hydrogen-bond acceptors (Lipinski definition) is 7. The third-order valence-corrected chi connectivity index (χ3v) is 5.84. The molecular formula is C15H24N4O6S. The number of aryl methyl sites for hydroxylation is 2. The molecule has 1 aromatic rings. The van der Waals surface area contributed by atoms with E-state index >= 15 is 0 Å². The van der Waals surface area contributed by atoms with Gasteiger partial charge in [-0.3, -0.25) is 4.79 Å². The second-order valence-electron chi connectivity index (χ2n) is 6.01. The number of hydrogen-bond donors (Lipinski definition) is 1. The van der Waals surface area contributed by atoms with E-state index in [-0.39, 0.29) is 22.3 Å². The Balaban J connectivity index is 1.97. The minimum absolute atomic E-state index is 0.0516. The first kappa shape index (κ1) is 20.2. The van der Waals surface area contributed by atoms with Gasteiger partial charge < -0.3 is 19.1 Å². The van der Waals surface area contributed by atoms with Crippen LogP contribution in [0.4, 0.5) is 4.79 Å². The zero-order valence-corrected chi connectivity index (χ0v) is 16.1. The monoisotopic (exact) mass is 388 g/mol. The summed E-state index contributed by atoms with van der Waals surface area (Å²) in [6.45, 7) is 7.83. The summed E-state index contributed by atoms with van der Waals surface area (Å²) in [4.78, 5) is 27.2. The van der Waals surface area contributed by atoms with Crippen LogP contribution in [0.2, 0.25) is 0 Å². The summed E-state index contributed by atoms with van der Waals surface area (Å²) in [7, 11) is -3.93. The van der Waals surface area contributed by atoms with E-state index in [1.165, 1.54) is 30.6 Å². The van der Waals surface area contributed by atoms with Gasteiger partial charge in [0.2, 0.25) is 15.9 Å². The van der Waals surface area contributed by atoms with Gasteiger partial charge in [-0.2, -0.15) is 4.72 Å². The normalized spacial score (nSPS) is 16.5. The van der Waals surface area contributed by atoms with Gasteiger partial charge in [0.05, 0.1) is 12.6 Å². The summed E-state index contributed by atoms with van der Waals surface area (Å²) >= 11 is 0. The average Bonchev–Trinajstić information content (AvgIpc) is 2.93. The highest BCUT2D eigenvalue weighted by Crippen LogP contribution is 2.19. The third-order valence-electron chi connectivity index (χ3n) is 4.06. The van der Waals surface area contributed by atoms with Crippen molar-refractivity contribution >= 4 is 22.0 Å². The number of carbonyl (C=O) groups is 2. The Bertz CT molecular complexity index is 748. The summed E-state index contributed by atoms with van der Waals surface area (Å²) in [5, 5.41) is 3.63. The minimum Gasteiger partial charge on any atom is -0.450 e. The Hall–Kier alpha value is -2.14. The van der Waals surface area contributed by atoms with Crippen LogP contribution < -0.4 is 4.72 Å². The summed E-state index contributed by atoms with van der Waals surface area (Å²) in [6, 6.07) is -0.956. The van der Waals surface area contributed by atoms with Crippen LogP contribution in [0.15, 0.2) is 9.42 Å². The largest absolute Gasteiger partial charge is 0.450 e. The van der Waals surface area contributed by atoms with Crippen LogP contribution in [0.1, 0.15) is 25.3 Å². The second kappa shape index (κ2) is 8.04. The molecule has 10 nitrogen and oxygen atoms in total. The summed E-state index contributed by atoms with van der Waals surface area (Å²) in [5.74, 6) is -0.193. The number of amides is 2. The van der Waals surface area contributed by atoms with Crippen LogP contribution in [0, 0.1) is 13.8 Å². The van der Waals surface area contributed by atoms with Gasteiger partial charge in [-0.05, 0) is 27.7 Å². The molecule has 11 heteroatoms. The van der Waals surface area contributed by atoms with E-state index in [2.05, 4.69) is 9.88 Å². The van der Waals surface area contributed by atoms with Crippen LogP contribution in [0.5, 0.6) is 0 Å². The van der Waals surface area contributed by atoms with E-state index in [1.54, 1.807) is 6.92 Å². The number of aromatic nitrogens is 1. The van der Waals surface area contributed by atoms with Gasteiger partial charge in [0.15, 0.2) is 5.76 Å². The van der Waals surface area contributed by atoms with E-state index in [0.29, 0.717) is 32.8 Å². The molecule has 0 aliphatic carbocycles. The highest BCUT2D eigenvalue weighted by Gasteiger charge is 2.32. The lowest BCUT2D eigenvalue weighted by atomic mass is 10.2. The van der Waals surface area contributed by atoms with Gasteiger partial charge in [-0.25, -0.2) is 13.2 Å². The van der Waals surface area contributed by atoms with Crippen molar-refractivity contribution in [1.29, 1.82) is 0 Å². The maximum Gasteiger partial charge on any atom is 0.409 e. The smallest absolute Gasteiger partial charge is 0.409 e. The highest BCUT2D eigenvalue weighted by molar-refractivity contribution is 7.89. The zero-order valence-electron chi connectivity index (χ0n) is 15.3. The lowest BCUT2D eigenvalue weighted by Crippen LogP contribution is -2.55. The van der Waals surface area contributed by atoms with Crippen molar-refractivity contribution in [1.82, 2.24) is 19.7 Å². The number of nitrogens with zero attached hydrogens (tertiary/aromatic N) is 3. The first-order valence-electron chi connectivity index (χ1n) is 8.33. The molecule has 0 aromatic carbocycles. The maximum absolute atomic E-state index is 12.5. The van der Waals surface area contributed by atoms with Gasteiger partial charge >= 0.3 is 6.09 Å². The van der Waals surface area contributed by atoms with E-state index in [9.17, 15) is 18.0 Å². The minimum atomic E-state index is -3.93. The lowest BCUT2D eigenvalue weighted by Gasteiger charge is -2.35. The van der Waals surface area contributed by atoms with E-state index in [0.717, 1.165) is 0 Å². The fourth-order valence-electron chi connectivity index (χ4n) is 2.80. The van der Waals surface area contributed by atoms with Crippen LogP contribution in [-0.4, -0.2) is 74.2 Å². The average molecular weight is 388 g/mol. The molecule has 1 saturated heterocycles. The predicted octanol–water partition coefficient (Wildman–Crippen LogP) is 0.259. The molecule has 0 radical (unpaired) electrons. The van der Waals surface area contributed by atoms with Gasteiger partial charge in [0, 0.05) is 26.2 Å². The zero-order chi connectivity index (χ0) is 19.5. The first-order chi connectivity index (χ1) is 12.2. The SMILES string of the molecule is CCOC(=O)N1CCN(C(=O)[C@@H](C)NS(=O)(=O)c2c(C)noc2C)CC1. The molecule has 1 aromatic heterocycles. The molecule has 1 fully saturated rings. The Labute approximate surface area is 152 Å². The molecule has 1 aliphatic rings. The Morgan fingerprint density at radius 2 is 1.81 bits per heavy atom.